The van der Waals surface area contributed by atoms with Gasteiger partial charge in [-0.3, -0.25) is 5.32 Å². The molecule has 57 heavy (non-hydrogen) atoms. The molecular weight excluding hydrogens is 701 g/mol. The highest BCUT2D eigenvalue weighted by Gasteiger charge is 2.28. The van der Waals surface area contributed by atoms with Gasteiger partial charge in [0.05, 0.1) is 11.0 Å². The Labute approximate surface area is 327 Å². The van der Waals surface area contributed by atoms with Crippen molar-refractivity contribution in [1.29, 1.82) is 0 Å². The Morgan fingerprint density at radius 2 is 1.11 bits per heavy atom. The number of hydrogen-bond acceptors (Lipinski definition) is 5. The number of aromatic nitrogens is 1. The van der Waals surface area contributed by atoms with Crippen LogP contribution in [0.1, 0.15) is 29.0 Å². The zero-order valence-corrected chi connectivity index (χ0v) is 30.7. The maximum Gasteiger partial charge on any atom is 0.136 e. The van der Waals surface area contributed by atoms with E-state index in [4.69, 9.17) is 13.8 Å². The van der Waals surface area contributed by atoms with Crippen LogP contribution in [0.4, 0.5) is 0 Å². The minimum atomic E-state index is -0.240. The van der Waals surface area contributed by atoms with E-state index in [9.17, 15) is 0 Å². The third-order valence-corrected chi connectivity index (χ3v) is 11.5. The zero-order chi connectivity index (χ0) is 37.5. The molecule has 6 heteroatoms. The van der Waals surface area contributed by atoms with E-state index in [1.54, 1.807) is 0 Å². The van der Waals surface area contributed by atoms with E-state index in [1.165, 1.54) is 21.8 Å². The number of amidine groups is 1. The van der Waals surface area contributed by atoms with Crippen LogP contribution in [0.3, 0.4) is 0 Å². The topological polar surface area (TPSA) is 67.6 Å². The van der Waals surface area contributed by atoms with E-state index in [0.717, 1.165) is 83.2 Å². The van der Waals surface area contributed by atoms with Gasteiger partial charge in [-0.15, -0.1) is 0 Å². The lowest BCUT2D eigenvalue weighted by molar-refractivity contribution is 0.411. The molecule has 0 aliphatic carbocycles. The van der Waals surface area contributed by atoms with Gasteiger partial charge in [-0.2, -0.15) is 0 Å². The van der Waals surface area contributed by atoms with Crippen molar-refractivity contribution in [2.75, 3.05) is 0 Å². The Balaban J connectivity index is 1.02. The van der Waals surface area contributed by atoms with Gasteiger partial charge in [0, 0.05) is 49.1 Å². The second-order valence-corrected chi connectivity index (χ2v) is 14.8. The third-order valence-electron chi connectivity index (χ3n) is 11.5. The normalized spacial score (nSPS) is 15.9. The predicted molar refractivity (Wildman–Crippen MR) is 232 cm³/mol. The summed E-state index contributed by atoms with van der Waals surface area (Å²) in [5, 5.41) is 14.3. The molecule has 11 aromatic rings. The molecule has 2 N–H and O–H groups in total. The monoisotopic (exact) mass is 734 g/mol. The Hall–Kier alpha value is -7.41. The standard InChI is InChI=1S/C51H34N4O2/c1-3-13-31(14-4-1)49-52-50(32-15-5-2-6-16-32)54-51(53-49)38-20-12-24-46-48(38)39-29-33(25-27-43(39)56-46)35-19-11-23-45-47(35)40-30-34(26-28-44(40)57-45)55-41-21-9-7-17-36(41)37-18-8-10-22-42(37)55/h1-30,49,51,53H,(H,52,54). The second kappa shape index (κ2) is 12.6. The molecule has 0 bridgehead atoms. The summed E-state index contributed by atoms with van der Waals surface area (Å²) in [6.07, 6.45) is -0.479. The van der Waals surface area contributed by atoms with Gasteiger partial charge in [0.2, 0.25) is 0 Å². The van der Waals surface area contributed by atoms with Crippen LogP contribution in [0.2, 0.25) is 0 Å². The van der Waals surface area contributed by atoms with Gasteiger partial charge in [-0.05, 0) is 71.3 Å². The summed E-state index contributed by atoms with van der Waals surface area (Å²) in [5.74, 6) is 0.845. The van der Waals surface area contributed by atoms with E-state index in [-0.39, 0.29) is 12.3 Å². The number of para-hydroxylation sites is 2. The highest BCUT2D eigenvalue weighted by molar-refractivity contribution is 6.16. The molecule has 0 radical (unpaired) electrons. The molecule has 0 spiro atoms. The molecule has 2 unspecified atom stereocenters. The Morgan fingerprint density at radius 3 is 1.86 bits per heavy atom. The summed E-state index contributed by atoms with van der Waals surface area (Å²) in [5.41, 5.74) is 12.3. The Bertz CT molecular complexity index is 3320. The highest BCUT2D eigenvalue weighted by Crippen LogP contribution is 2.42. The summed E-state index contributed by atoms with van der Waals surface area (Å²) < 4.78 is 15.5. The van der Waals surface area contributed by atoms with E-state index in [1.807, 2.05) is 12.1 Å². The van der Waals surface area contributed by atoms with Crippen LogP contribution in [0.25, 0.3) is 82.5 Å². The van der Waals surface area contributed by atoms with Crippen LogP contribution < -0.4 is 10.6 Å². The van der Waals surface area contributed by atoms with Crippen molar-refractivity contribution >= 4 is 71.5 Å². The second-order valence-electron chi connectivity index (χ2n) is 14.8. The van der Waals surface area contributed by atoms with Crippen LogP contribution >= 0.6 is 0 Å². The lowest BCUT2D eigenvalue weighted by atomic mass is 9.96. The highest BCUT2D eigenvalue weighted by atomic mass is 16.3. The fraction of sp³-hybridized carbons (Fsp3) is 0.0392. The quantitative estimate of drug-likeness (QED) is 0.185. The van der Waals surface area contributed by atoms with Crippen LogP contribution in [-0.2, 0) is 0 Å². The zero-order valence-electron chi connectivity index (χ0n) is 30.7. The molecule has 0 saturated carbocycles. The Kier molecular flexibility index (Phi) is 7.03. The summed E-state index contributed by atoms with van der Waals surface area (Å²) in [6.45, 7) is 0. The first kappa shape index (κ1) is 31.9. The Morgan fingerprint density at radius 1 is 0.474 bits per heavy atom. The number of hydrogen-bond donors (Lipinski definition) is 2. The number of nitrogens with one attached hydrogen (secondary N) is 2. The molecule has 1 aliphatic heterocycles. The SMILES string of the molecule is c1ccc(C2=NC(c3ccccc3)NC(c3cccc4oc5ccc(-c6cccc7oc8ccc(-n9c%10ccccc%10c%10ccccc%109)cc8c67)cc5c34)N2)cc1. The van der Waals surface area contributed by atoms with Crippen LogP contribution in [0.5, 0.6) is 0 Å². The minimum Gasteiger partial charge on any atom is -0.456 e. The van der Waals surface area contributed by atoms with Crippen LogP contribution in [-0.4, -0.2) is 10.4 Å². The molecule has 1 aliphatic rings. The number of furan rings is 2. The van der Waals surface area contributed by atoms with Crippen molar-refractivity contribution in [3.8, 4) is 16.8 Å². The first-order valence-corrected chi connectivity index (χ1v) is 19.4. The number of aliphatic imine (C=N–C) groups is 1. The number of nitrogens with zero attached hydrogens (tertiary/aromatic N) is 2. The molecule has 0 amide bonds. The molecule has 8 aromatic carbocycles. The molecule has 3 aromatic heterocycles. The van der Waals surface area contributed by atoms with Crippen LogP contribution in [0.15, 0.2) is 196 Å². The van der Waals surface area contributed by atoms with E-state index in [0.29, 0.717) is 0 Å². The number of fused-ring (bicyclic) bond motifs is 9. The van der Waals surface area contributed by atoms with E-state index >= 15 is 0 Å². The van der Waals surface area contributed by atoms with E-state index < -0.39 is 0 Å². The smallest absolute Gasteiger partial charge is 0.136 e. The summed E-state index contributed by atoms with van der Waals surface area (Å²) >= 11 is 0. The average molecular weight is 735 g/mol. The lowest BCUT2D eigenvalue weighted by Crippen LogP contribution is -2.45. The van der Waals surface area contributed by atoms with Gasteiger partial charge in [0.15, 0.2) is 0 Å². The maximum absolute atomic E-state index is 6.56. The minimum absolute atomic E-state index is 0.239. The average Bonchev–Trinajstić information content (AvgIpc) is 3.96. The number of rotatable bonds is 5. The first-order valence-electron chi connectivity index (χ1n) is 19.4. The molecule has 2 atom stereocenters. The van der Waals surface area contributed by atoms with Gasteiger partial charge in [0.25, 0.3) is 0 Å². The molecule has 6 nitrogen and oxygen atoms in total. The summed E-state index contributed by atoms with van der Waals surface area (Å²) in [6, 6.07) is 63.8. The van der Waals surface area contributed by atoms with E-state index in [2.05, 4.69) is 185 Å². The maximum atomic E-state index is 6.56. The molecule has 12 rings (SSSR count). The first-order chi connectivity index (χ1) is 28.2. The van der Waals surface area contributed by atoms with Crippen molar-refractivity contribution in [2.24, 2.45) is 4.99 Å². The lowest BCUT2D eigenvalue weighted by Gasteiger charge is -2.32. The molecular formula is C51H34N4O2. The fourth-order valence-corrected chi connectivity index (χ4v) is 8.92. The molecule has 0 fully saturated rings. The van der Waals surface area contributed by atoms with Crippen molar-refractivity contribution in [3.63, 3.8) is 0 Å². The van der Waals surface area contributed by atoms with Gasteiger partial charge in [-0.25, -0.2) is 4.99 Å². The van der Waals surface area contributed by atoms with Gasteiger partial charge in [-0.1, -0.05) is 127 Å². The predicted octanol–water partition coefficient (Wildman–Crippen LogP) is 12.6. The fourth-order valence-electron chi connectivity index (χ4n) is 8.92. The van der Waals surface area contributed by atoms with Gasteiger partial charge < -0.3 is 18.7 Å². The molecule has 0 saturated heterocycles. The summed E-state index contributed by atoms with van der Waals surface area (Å²) in [4.78, 5) is 5.14. The van der Waals surface area contributed by atoms with Crippen LogP contribution in [0, 0.1) is 0 Å². The van der Waals surface area contributed by atoms with Crippen molar-refractivity contribution in [1.82, 2.24) is 15.2 Å². The summed E-state index contributed by atoms with van der Waals surface area (Å²) in [7, 11) is 0. The largest absolute Gasteiger partial charge is 0.456 e. The molecule has 270 valence electrons. The van der Waals surface area contributed by atoms with Gasteiger partial charge >= 0.3 is 0 Å². The van der Waals surface area contributed by atoms with Gasteiger partial charge in [0.1, 0.15) is 40.5 Å². The molecule has 4 heterocycles. The third kappa shape index (κ3) is 5.04. The van der Waals surface area contributed by atoms with Crippen molar-refractivity contribution < 1.29 is 8.83 Å². The number of benzene rings is 8. The van der Waals surface area contributed by atoms with Crippen molar-refractivity contribution in [3.05, 3.63) is 199 Å². The van der Waals surface area contributed by atoms with Crippen molar-refractivity contribution in [2.45, 2.75) is 12.3 Å².